The normalized spacial score (nSPS) is 18.8. The second-order valence-electron chi connectivity index (χ2n) is 5.51. The minimum absolute atomic E-state index is 0.0645. The molecule has 0 radical (unpaired) electrons. The van der Waals surface area contributed by atoms with E-state index in [4.69, 9.17) is 18.0 Å². The summed E-state index contributed by atoms with van der Waals surface area (Å²) < 4.78 is 22.1. The number of sulfone groups is 1. The van der Waals surface area contributed by atoms with E-state index in [0.717, 1.165) is 12.7 Å². The highest BCUT2D eigenvalue weighted by atomic mass is 32.2. The van der Waals surface area contributed by atoms with E-state index in [1.807, 2.05) is 0 Å². The van der Waals surface area contributed by atoms with Crippen molar-refractivity contribution in [2.75, 3.05) is 12.8 Å². The number of rotatable bonds is 5. The Morgan fingerprint density at radius 3 is 2.22 bits per heavy atom. The van der Waals surface area contributed by atoms with Gasteiger partial charge in [-0.2, -0.15) is 0 Å². The summed E-state index contributed by atoms with van der Waals surface area (Å²) in [5.41, 5.74) is 4.85. The van der Waals surface area contributed by atoms with Crippen molar-refractivity contribution in [2.24, 2.45) is 11.1 Å². The molecule has 0 atom stereocenters. The molecule has 1 fully saturated rings. The Balaban J connectivity index is 2.70. The fourth-order valence-corrected chi connectivity index (χ4v) is 2.34. The Bertz CT molecular complexity index is 465. The number of hydrogen-bond donors (Lipinski definition) is 2. The molecular formula is C11H20N2O3S2. The molecule has 0 saturated heterocycles. The highest BCUT2D eigenvalue weighted by molar-refractivity contribution is 7.92. The molecule has 0 unspecified atom stereocenters. The van der Waals surface area contributed by atoms with Crippen LogP contribution in [0, 0.1) is 5.41 Å². The fourth-order valence-electron chi connectivity index (χ4n) is 1.71. The van der Waals surface area contributed by atoms with Crippen LogP contribution < -0.4 is 11.1 Å². The number of carbonyl (C=O) groups is 1. The molecule has 5 nitrogen and oxygen atoms in total. The summed E-state index contributed by atoms with van der Waals surface area (Å²) in [5, 5.41) is 2.67. The maximum atomic E-state index is 12.1. The second-order valence-corrected chi connectivity index (χ2v) is 8.60. The van der Waals surface area contributed by atoms with Crippen molar-refractivity contribution in [3.63, 3.8) is 0 Å². The summed E-state index contributed by atoms with van der Waals surface area (Å²) in [6.07, 6.45) is 3.37. The summed E-state index contributed by atoms with van der Waals surface area (Å²) in [6, 6.07) is 0. The number of thiocarbonyl (C=S) groups is 1. The number of nitrogens with two attached hydrogens (primary N) is 1. The maximum absolute atomic E-state index is 12.1. The largest absolute Gasteiger partial charge is 0.392 e. The van der Waals surface area contributed by atoms with E-state index in [2.05, 4.69) is 5.32 Å². The van der Waals surface area contributed by atoms with Gasteiger partial charge in [-0.3, -0.25) is 4.79 Å². The van der Waals surface area contributed by atoms with Gasteiger partial charge in [0.2, 0.25) is 5.91 Å². The average Bonchev–Trinajstić information content (AvgIpc) is 2.10. The van der Waals surface area contributed by atoms with E-state index in [0.29, 0.717) is 12.8 Å². The summed E-state index contributed by atoms with van der Waals surface area (Å²) in [6.45, 7) is 3.22. The van der Waals surface area contributed by atoms with E-state index in [1.54, 1.807) is 13.8 Å². The van der Waals surface area contributed by atoms with Crippen LogP contribution in [0.2, 0.25) is 0 Å². The molecule has 1 amide bonds. The zero-order chi connectivity index (χ0) is 14.2. The molecule has 7 heteroatoms. The summed E-state index contributed by atoms with van der Waals surface area (Å²) in [5.74, 6) is -0.252. The van der Waals surface area contributed by atoms with E-state index < -0.39 is 20.0 Å². The van der Waals surface area contributed by atoms with Crippen LogP contribution in [0.1, 0.15) is 33.1 Å². The van der Waals surface area contributed by atoms with Crippen molar-refractivity contribution in [3.8, 4) is 0 Å². The van der Waals surface area contributed by atoms with Gasteiger partial charge in [-0.25, -0.2) is 8.42 Å². The monoisotopic (exact) mass is 292 g/mol. The highest BCUT2D eigenvalue weighted by Gasteiger charge is 2.47. The van der Waals surface area contributed by atoms with Gasteiger partial charge in [0, 0.05) is 12.8 Å². The number of hydrogen-bond acceptors (Lipinski definition) is 4. The van der Waals surface area contributed by atoms with Gasteiger partial charge in [-0.1, -0.05) is 18.6 Å². The van der Waals surface area contributed by atoms with Crippen LogP contribution in [0.25, 0.3) is 0 Å². The molecule has 1 rings (SSSR count). The van der Waals surface area contributed by atoms with Crippen molar-refractivity contribution >= 4 is 33.0 Å². The molecule has 0 aromatic heterocycles. The summed E-state index contributed by atoms with van der Waals surface area (Å²) in [7, 11) is -3.23. The molecule has 1 aliphatic rings. The Labute approximate surface area is 113 Å². The highest BCUT2D eigenvalue weighted by Crippen LogP contribution is 2.41. The van der Waals surface area contributed by atoms with Crippen molar-refractivity contribution in [2.45, 2.75) is 37.9 Å². The number of amides is 1. The van der Waals surface area contributed by atoms with Crippen LogP contribution in [0.4, 0.5) is 0 Å². The van der Waals surface area contributed by atoms with Crippen LogP contribution >= 0.6 is 12.2 Å². The molecule has 18 heavy (non-hydrogen) atoms. The molecule has 0 aromatic rings. The molecule has 1 saturated carbocycles. The third-order valence-electron chi connectivity index (χ3n) is 3.79. The first kappa shape index (κ1) is 15.4. The van der Waals surface area contributed by atoms with E-state index in [1.165, 1.54) is 0 Å². The minimum atomic E-state index is -3.23. The van der Waals surface area contributed by atoms with Gasteiger partial charge in [0.25, 0.3) is 0 Å². The molecule has 0 heterocycles. The van der Waals surface area contributed by atoms with Gasteiger partial charge in [0.05, 0.1) is 15.2 Å². The molecule has 0 aliphatic heterocycles. The third kappa shape index (κ3) is 2.66. The SMILES string of the molecule is CC(C)(CNC(=O)C1(C(N)=S)CCC1)S(C)(=O)=O. The summed E-state index contributed by atoms with van der Waals surface area (Å²) >= 11 is 4.94. The lowest BCUT2D eigenvalue weighted by Gasteiger charge is -2.39. The first-order valence-electron chi connectivity index (χ1n) is 5.81. The van der Waals surface area contributed by atoms with Crippen LogP contribution in [-0.2, 0) is 14.6 Å². The molecule has 0 aromatic carbocycles. The minimum Gasteiger partial charge on any atom is -0.392 e. The predicted molar refractivity (Wildman–Crippen MR) is 75.0 cm³/mol. The van der Waals surface area contributed by atoms with Crippen molar-refractivity contribution < 1.29 is 13.2 Å². The van der Waals surface area contributed by atoms with E-state index >= 15 is 0 Å². The molecular weight excluding hydrogens is 272 g/mol. The van der Waals surface area contributed by atoms with Gasteiger partial charge in [-0.05, 0) is 26.7 Å². The third-order valence-corrected chi connectivity index (χ3v) is 6.33. The maximum Gasteiger partial charge on any atom is 0.233 e. The first-order valence-corrected chi connectivity index (χ1v) is 8.11. The molecule has 3 N–H and O–H groups in total. The smallest absolute Gasteiger partial charge is 0.233 e. The van der Waals surface area contributed by atoms with Gasteiger partial charge < -0.3 is 11.1 Å². The first-order chi connectivity index (χ1) is 8.03. The average molecular weight is 292 g/mol. The molecule has 1 aliphatic carbocycles. The van der Waals surface area contributed by atoms with Crippen LogP contribution in [0.3, 0.4) is 0 Å². The lowest BCUT2D eigenvalue weighted by atomic mass is 9.68. The topological polar surface area (TPSA) is 89.3 Å². The number of carbonyl (C=O) groups excluding carboxylic acids is 1. The van der Waals surface area contributed by atoms with Gasteiger partial charge in [0.1, 0.15) is 0 Å². The Morgan fingerprint density at radius 2 is 1.94 bits per heavy atom. The zero-order valence-corrected chi connectivity index (χ0v) is 12.6. The lowest BCUT2D eigenvalue weighted by molar-refractivity contribution is -0.130. The number of nitrogens with one attached hydrogen (secondary N) is 1. The van der Waals surface area contributed by atoms with Crippen LogP contribution in [-0.4, -0.2) is 36.9 Å². The van der Waals surface area contributed by atoms with Crippen molar-refractivity contribution in [1.82, 2.24) is 5.32 Å². The van der Waals surface area contributed by atoms with Crippen LogP contribution in [0.15, 0.2) is 0 Å². The zero-order valence-electron chi connectivity index (χ0n) is 10.9. The predicted octanol–water partition coefficient (Wildman–Crippen LogP) is 0.382. The molecule has 0 spiro atoms. The lowest BCUT2D eigenvalue weighted by Crippen LogP contribution is -2.55. The summed E-state index contributed by atoms with van der Waals surface area (Å²) in [4.78, 5) is 12.3. The van der Waals surface area contributed by atoms with Gasteiger partial charge >= 0.3 is 0 Å². The molecule has 0 bridgehead atoms. The second kappa shape index (κ2) is 4.77. The molecule has 104 valence electrons. The van der Waals surface area contributed by atoms with Gasteiger partial charge in [-0.15, -0.1) is 0 Å². The Kier molecular flexibility index (Phi) is 4.07. The van der Waals surface area contributed by atoms with Gasteiger partial charge in [0.15, 0.2) is 9.84 Å². The Morgan fingerprint density at radius 1 is 1.44 bits per heavy atom. The fraction of sp³-hybridized carbons (Fsp3) is 0.818. The van der Waals surface area contributed by atoms with E-state index in [-0.39, 0.29) is 17.4 Å². The van der Waals surface area contributed by atoms with E-state index in [9.17, 15) is 13.2 Å². The van der Waals surface area contributed by atoms with Crippen molar-refractivity contribution in [3.05, 3.63) is 0 Å². The standard InChI is InChI=1S/C11H20N2O3S2/c1-10(2,18(3,15)16)7-13-9(14)11(8(12)17)5-4-6-11/h4-7H2,1-3H3,(H2,12,17)(H,13,14). The van der Waals surface area contributed by atoms with Crippen molar-refractivity contribution in [1.29, 1.82) is 0 Å². The van der Waals surface area contributed by atoms with Crippen LogP contribution in [0.5, 0.6) is 0 Å². The Hall–Kier alpha value is -0.690. The quantitative estimate of drug-likeness (QED) is 0.715.